The molecule has 1 aliphatic heterocycles. The van der Waals surface area contributed by atoms with Gasteiger partial charge in [0, 0.05) is 11.1 Å². The second-order valence-electron chi connectivity index (χ2n) is 4.14. The molecule has 1 aromatic heterocycles. The molecule has 2 heterocycles. The number of imide groups is 1. The number of anilines is 1. The predicted octanol–water partition coefficient (Wildman–Crippen LogP) is 4.78. The van der Waals surface area contributed by atoms with Crippen molar-refractivity contribution in [2.75, 3.05) is 4.90 Å². The number of amides is 2. The molecule has 106 valence electrons. The van der Waals surface area contributed by atoms with E-state index in [4.69, 9.17) is 16.0 Å². The van der Waals surface area contributed by atoms with E-state index in [0.29, 0.717) is 25.1 Å². The van der Waals surface area contributed by atoms with Crippen LogP contribution in [0.4, 0.5) is 10.5 Å². The van der Waals surface area contributed by atoms with Crippen LogP contribution in [0.1, 0.15) is 5.76 Å². The van der Waals surface area contributed by atoms with Gasteiger partial charge in [0.05, 0.1) is 10.6 Å². The number of halogens is 2. The van der Waals surface area contributed by atoms with Crippen molar-refractivity contribution in [1.82, 2.24) is 0 Å². The third-order valence-corrected chi connectivity index (χ3v) is 4.41. The van der Waals surface area contributed by atoms with Crippen LogP contribution in [-0.4, -0.2) is 11.1 Å². The lowest BCUT2D eigenvalue weighted by Crippen LogP contribution is -2.27. The van der Waals surface area contributed by atoms with Crippen LogP contribution in [0.25, 0.3) is 6.08 Å². The van der Waals surface area contributed by atoms with Crippen LogP contribution in [0, 0.1) is 3.77 Å². The van der Waals surface area contributed by atoms with Crippen LogP contribution in [0.2, 0.25) is 5.02 Å². The van der Waals surface area contributed by atoms with Crippen molar-refractivity contribution in [1.29, 1.82) is 0 Å². The lowest BCUT2D eigenvalue weighted by atomic mass is 10.3. The number of hydrogen-bond donors (Lipinski definition) is 0. The van der Waals surface area contributed by atoms with E-state index in [1.807, 2.05) is 22.6 Å². The van der Waals surface area contributed by atoms with Crippen LogP contribution in [0.5, 0.6) is 0 Å². The van der Waals surface area contributed by atoms with Gasteiger partial charge in [-0.3, -0.25) is 9.59 Å². The van der Waals surface area contributed by atoms with Gasteiger partial charge in [-0.25, -0.2) is 4.90 Å². The molecular weight excluding hydrogens is 425 g/mol. The van der Waals surface area contributed by atoms with Crippen LogP contribution in [0.15, 0.2) is 45.7 Å². The first-order chi connectivity index (χ1) is 10.0. The minimum absolute atomic E-state index is 0.325. The van der Waals surface area contributed by atoms with Gasteiger partial charge in [-0.1, -0.05) is 17.7 Å². The maximum atomic E-state index is 12.4. The summed E-state index contributed by atoms with van der Waals surface area (Å²) in [5.74, 6) is 0.162. The Hall–Kier alpha value is -1.25. The molecule has 1 fully saturated rings. The fourth-order valence-corrected chi connectivity index (χ4v) is 3.28. The summed E-state index contributed by atoms with van der Waals surface area (Å²) in [4.78, 5) is 25.9. The van der Waals surface area contributed by atoms with Gasteiger partial charge in [0.2, 0.25) is 0 Å². The highest BCUT2D eigenvalue weighted by molar-refractivity contribution is 14.1. The van der Waals surface area contributed by atoms with Gasteiger partial charge in [-0.15, -0.1) is 0 Å². The number of rotatable bonds is 2. The molecule has 1 aliphatic rings. The van der Waals surface area contributed by atoms with E-state index in [2.05, 4.69) is 0 Å². The van der Waals surface area contributed by atoms with Crippen molar-refractivity contribution in [3.05, 3.63) is 55.9 Å². The van der Waals surface area contributed by atoms with Gasteiger partial charge in [0.15, 0.2) is 3.77 Å². The standard InChI is InChI=1S/C14H7ClINO3S/c15-8-2-1-3-9(6-8)17-13(18)11(21-14(17)19)7-10-4-5-12(16)20-10/h1-7H/b11-7+. The summed E-state index contributed by atoms with van der Waals surface area (Å²) in [7, 11) is 0. The second-order valence-corrected chi connectivity index (χ2v) is 6.63. The highest BCUT2D eigenvalue weighted by Gasteiger charge is 2.36. The van der Waals surface area contributed by atoms with Crippen molar-refractivity contribution in [3.63, 3.8) is 0 Å². The first-order valence-corrected chi connectivity index (χ1v) is 8.11. The summed E-state index contributed by atoms with van der Waals surface area (Å²) in [5.41, 5.74) is 0.461. The fourth-order valence-electron chi connectivity index (χ4n) is 1.84. The molecular formula is C14H7ClINO3S. The summed E-state index contributed by atoms with van der Waals surface area (Å²) in [6, 6.07) is 10.2. The van der Waals surface area contributed by atoms with Gasteiger partial charge in [0.1, 0.15) is 5.76 Å². The number of furan rings is 1. The van der Waals surface area contributed by atoms with Crippen molar-refractivity contribution < 1.29 is 14.0 Å². The number of thioether (sulfide) groups is 1. The lowest BCUT2D eigenvalue weighted by molar-refractivity contribution is -0.113. The third kappa shape index (κ3) is 3.02. The van der Waals surface area contributed by atoms with E-state index in [-0.39, 0.29) is 11.1 Å². The Morgan fingerprint density at radius 1 is 1.24 bits per heavy atom. The van der Waals surface area contributed by atoms with E-state index >= 15 is 0 Å². The molecule has 7 heteroatoms. The van der Waals surface area contributed by atoms with Gasteiger partial charge in [0.25, 0.3) is 11.1 Å². The van der Waals surface area contributed by atoms with Crippen molar-refractivity contribution >= 4 is 68.9 Å². The normalized spacial score (nSPS) is 17.0. The molecule has 0 atom stereocenters. The number of carbonyl (C=O) groups excluding carboxylic acids is 2. The minimum atomic E-state index is -0.376. The third-order valence-electron chi connectivity index (χ3n) is 2.73. The Morgan fingerprint density at radius 2 is 2.05 bits per heavy atom. The zero-order chi connectivity index (χ0) is 15.0. The number of nitrogens with zero attached hydrogens (tertiary/aromatic N) is 1. The molecule has 0 aliphatic carbocycles. The molecule has 21 heavy (non-hydrogen) atoms. The summed E-state index contributed by atoms with van der Waals surface area (Å²) < 4.78 is 6.10. The highest BCUT2D eigenvalue weighted by Crippen LogP contribution is 2.36. The predicted molar refractivity (Wildman–Crippen MR) is 91.3 cm³/mol. The van der Waals surface area contributed by atoms with Gasteiger partial charge in [-0.05, 0) is 64.7 Å². The Kier molecular flexibility index (Phi) is 4.10. The number of hydrogen-bond acceptors (Lipinski definition) is 4. The molecule has 0 bridgehead atoms. The van der Waals surface area contributed by atoms with E-state index in [9.17, 15) is 9.59 Å². The second kappa shape index (κ2) is 5.86. The maximum absolute atomic E-state index is 12.4. The molecule has 1 saturated heterocycles. The van der Waals surface area contributed by atoms with Crippen molar-refractivity contribution in [2.24, 2.45) is 0 Å². The van der Waals surface area contributed by atoms with E-state index < -0.39 is 0 Å². The molecule has 4 nitrogen and oxygen atoms in total. The molecule has 0 spiro atoms. The van der Waals surface area contributed by atoms with E-state index in [1.54, 1.807) is 42.5 Å². The quantitative estimate of drug-likeness (QED) is 0.507. The maximum Gasteiger partial charge on any atom is 0.298 e. The highest BCUT2D eigenvalue weighted by atomic mass is 127. The summed E-state index contributed by atoms with van der Waals surface area (Å²) in [6.45, 7) is 0. The van der Waals surface area contributed by atoms with Crippen LogP contribution in [-0.2, 0) is 4.79 Å². The van der Waals surface area contributed by atoms with Gasteiger partial charge < -0.3 is 4.42 Å². The molecule has 0 saturated carbocycles. The summed E-state index contributed by atoms with van der Waals surface area (Å²) in [5, 5.41) is 0.117. The molecule has 0 unspecified atom stereocenters. The average Bonchev–Trinajstić information content (AvgIpc) is 2.94. The molecule has 2 aromatic rings. The van der Waals surface area contributed by atoms with E-state index in [1.165, 1.54) is 0 Å². The van der Waals surface area contributed by atoms with E-state index in [0.717, 1.165) is 16.7 Å². The Balaban J connectivity index is 1.94. The first kappa shape index (κ1) is 14.7. The molecule has 2 amide bonds. The first-order valence-electron chi connectivity index (χ1n) is 5.83. The minimum Gasteiger partial charge on any atom is -0.451 e. The zero-order valence-electron chi connectivity index (χ0n) is 10.4. The topological polar surface area (TPSA) is 50.5 Å². The van der Waals surface area contributed by atoms with Crippen LogP contribution >= 0.6 is 46.0 Å². The van der Waals surface area contributed by atoms with Crippen molar-refractivity contribution in [3.8, 4) is 0 Å². The van der Waals surface area contributed by atoms with Gasteiger partial charge in [-0.2, -0.15) is 0 Å². The fraction of sp³-hybridized carbons (Fsp3) is 0. The Labute approximate surface area is 143 Å². The molecule has 0 N–H and O–H groups in total. The van der Waals surface area contributed by atoms with Gasteiger partial charge >= 0.3 is 0 Å². The lowest BCUT2D eigenvalue weighted by Gasteiger charge is -2.12. The molecule has 3 rings (SSSR count). The SMILES string of the molecule is O=C1S/C(=C/c2ccc(I)o2)C(=O)N1c1cccc(Cl)c1. The largest absolute Gasteiger partial charge is 0.451 e. The Morgan fingerprint density at radius 3 is 2.71 bits per heavy atom. The van der Waals surface area contributed by atoms with Crippen LogP contribution < -0.4 is 4.90 Å². The molecule has 1 aromatic carbocycles. The van der Waals surface area contributed by atoms with Crippen LogP contribution in [0.3, 0.4) is 0 Å². The Bertz CT molecular complexity index is 771. The van der Waals surface area contributed by atoms with Crippen molar-refractivity contribution in [2.45, 2.75) is 0 Å². The number of benzene rings is 1. The summed E-state index contributed by atoms with van der Waals surface area (Å²) in [6.07, 6.45) is 1.57. The average molecular weight is 432 g/mol. The smallest absolute Gasteiger partial charge is 0.298 e. The number of carbonyl (C=O) groups is 2. The monoisotopic (exact) mass is 431 g/mol. The summed E-state index contributed by atoms with van der Waals surface area (Å²) >= 11 is 8.81. The molecule has 0 radical (unpaired) electrons. The zero-order valence-corrected chi connectivity index (χ0v) is 14.1.